The lowest BCUT2D eigenvalue weighted by molar-refractivity contribution is -0.0136. The van der Waals surface area contributed by atoms with E-state index < -0.39 is 12.2 Å². The lowest BCUT2D eigenvalue weighted by Crippen LogP contribution is -2.38. The van der Waals surface area contributed by atoms with Crippen LogP contribution in [0.1, 0.15) is 25.7 Å². The van der Waals surface area contributed by atoms with Gasteiger partial charge in [0, 0.05) is 6.54 Å². The predicted molar refractivity (Wildman–Crippen MR) is 47.9 cm³/mol. The first-order valence-corrected chi connectivity index (χ1v) is 4.76. The third-order valence-electron chi connectivity index (χ3n) is 2.69. The number of hydrogen-bond donors (Lipinski definition) is 3. The molecule has 3 nitrogen and oxygen atoms in total. The Bertz CT molecular complexity index is 124. The van der Waals surface area contributed by atoms with Crippen molar-refractivity contribution in [2.75, 3.05) is 13.6 Å². The number of hydrogen-bond acceptors (Lipinski definition) is 3. The molecule has 0 radical (unpaired) electrons. The van der Waals surface area contributed by atoms with Gasteiger partial charge in [0.1, 0.15) is 0 Å². The van der Waals surface area contributed by atoms with Crippen molar-refractivity contribution >= 4 is 0 Å². The summed E-state index contributed by atoms with van der Waals surface area (Å²) in [7, 11) is 1.78. The minimum Gasteiger partial charge on any atom is -0.390 e. The van der Waals surface area contributed by atoms with Crippen LogP contribution in [0.15, 0.2) is 0 Å². The molecule has 0 amide bonds. The van der Waals surface area contributed by atoms with Crippen LogP contribution in [-0.2, 0) is 0 Å². The van der Waals surface area contributed by atoms with Crippen LogP contribution >= 0.6 is 0 Å². The molecule has 0 aromatic heterocycles. The summed E-state index contributed by atoms with van der Waals surface area (Å²) in [4.78, 5) is 0. The van der Waals surface area contributed by atoms with Crippen molar-refractivity contribution in [1.29, 1.82) is 0 Å². The van der Waals surface area contributed by atoms with Crippen LogP contribution in [0.3, 0.4) is 0 Å². The quantitative estimate of drug-likeness (QED) is 0.566. The maximum absolute atomic E-state index is 9.66. The Morgan fingerprint density at radius 3 is 2.42 bits per heavy atom. The Balaban J connectivity index is 2.29. The van der Waals surface area contributed by atoms with Gasteiger partial charge in [0.2, 0.25) is 0 Å². The van der Waals surface area contributed by atoms with Gasteiger partial charge in [-0.25, -0.2) is 0 Å². The first-order chi connectivity index (χ1) is 5.75. The summed E-state index contributed by atoms with van der Waals surface area (Å²) < 4.78 is 0. The molecule has 2 unspecified atom stereocenters. The zero-order chi connectivity index (χ0) is 8.97. The van der Waals surface area contributed by atoms with E-state index in [1.165, 1.54) is 12.8 Å². The van der Waals surface area contributed by atoms with Crippen LogP contribution in [0.2, 0.25) is 0 Å². The highest BCUT2D eigenvalue weighted by atomic mass is 16.3. The molecule has 1 fully saturated rings. The average molecular weight is 173 g/mol. The van der Waals surface area contributed by atoms with E-state index in [0.717, 1.165) is 12.8 Å². The molecule has 0 aromatic carbocycles. The molecule has 0 bridgehead atoms. The second kappa shape index (κ2) is 4.80. The molecule has 0 spiro atoms. The molecule has 0 heterocycles. The van der Waals surface area contributed by atoms with Crippen LogP contribution in [0.4, 0.5) is 0 Å². The van der Waals surface area contributed by atoms with E-state index in [1.807, 2.05) is 0 Å². The fraction of sp³-hybridized carbons (Fsp3) is 1.00. The van der Waals surface area contributed by atoms with Crippen LogP contribution in [-0.4, -0.2) is 36.0 Å². The Morgan fingerprint density at radius 1 is 1.33 bits per heavy atom. The van der Waals surface area contributed by atoms with Gasteiger partial charge in [-0.2, -0.15) is 0 Å². The topological polar surface area (TPSA) is 52.5 Å². The summed E-state index contributed by atoms with van der Waals surface area (Å²) in [5.74, 6) is 0.327. The summed E-state index contributed by atoms with van der Waals surface area (Å²) in [6.45, 7) is 0.484. The van der Waals surface area contributed by atoms with Crippen LogP contribution in [0, 0.1) is 5.92 Å². The molecule has 3 N–H and O–H groups in total. The molecule has 1 aliphatic rings. The molecule has 0 saturated heterocycles. The van der Waals surface area contributed by atoms with Crippen molar-refractivity contribution in [3.63, 3.8) is 0 Å². The summed E-state index contributed by atoms with van der Waals surface area (Å²) in [5, 5.41) is 22.0. The highest BCUT2D eigenvalue weighted by molar-refractivity contribution is 4.80. The Morgan fingerprint density at radius 2 is 1.92 bits per heavy atom. The van der Waals surface area contributed by atoms with Gasteiger partial charge in [-0.05, 0) is 25.8 Å². The first kappa shape index (κ1) is 9.96. The van der Waals surface area contributed by atoms with Crippen molar-refractivity contribution in [1.82, 2.24) is 5.32 Å². The first-order valence-electron chi connectivity index (χ1n) is 4.76. The maximum atomic E-state index is 9.66. The van der Waals surface area contributed by atoms with E-state index in [4.69, 9.17) is 0 Å². The molecule has 1 saturated carbocycles. The largest absolute Gasteiger partial charge is 0.390 e. The summed E-state index contributed by atoms with van der Waals surface area (Å²) in [6, 6.07) is 0. The fourth-order valence-electron chi connectivity index (χ4n) is 1.94. The van der Waals surface area contributed by atoms with Crippen LogP contribution < -0.4 is 5.32 Å². The maximum Gasteiger partial charge on any atom is 0.0925 e. The molecule has 72 valence electrons. The minimum absolute atomic E-state index is 0.327. The Labute approximate surface area is 73.8 Å². The molecule has 2 atom stereocenters. The molecule has 3 heteroatoms. The van der Waals surface area contributed by atoms with Crippen molar-refractivity contribution in [3.8, 4) is 0 Å². The number of rotatable bonds is 4. The van der Waals surface area contributed by atoms with Gasteiger partial charge in [-0.3, -0.25) is 0 Å². The normalized spacial score (nSPS) is 24.2. The highest BCUT2D eigenvalue weighted by Crippen LogP contribution is 2.28. The van der Waals surface area contributed by atoms with Crippen molar-refractivity contribution in [2.24, 2.45) is 5.92 Å². The van der Waals surface area contributed by atoms with Gasteiger partial charge in [0.25, 0.3) is 0 Å². The van der Waals surface area contributed by atoms with Gasteiger partial charge < -0.3 is 15.5 Å². The van der Waals surface area contributed by atoms with E-state index in [2.05, 4.69) is 5.32 Å². The third-order valence-corrected chi connectivity index (χ3v) is 2.69. The van der Waals surface area contributed by atoms with E-state index in [-0.39, 0.29) is 0 Å². The van der Waals surface area contributed by atoms with Gasteiger partial charge in [0.05, 0.1) is 12.2 Å². The van der Waals surface area contributed by atoms with E-state index >= 15 is 0 Å². The molecular weight excluding hydrogens is 154 g/mol. The van der Waals surface area contributed by atoms with E-state index in [9.17, 15) is 10.2 Å². The predicted octanol–water partition coefficient (Wildman–Crippen LogP) is 0.118. The SMILES string of the molecule is CNCC(O)C(O)C1CCCC1. The second-order valence-electron chi connectivity index (χ2n) is 3.66. The molecule has 12 heavy (non-hydrogen) atoms. The number of likely N-dealkylation sites (N-methyl/N-ethyl adjacent to an activating group) is 1. The van der Waals surface area contributed by atoms with Crippen molar-refractivity contribution < 1.29 is 10.2 Å². The number of nitrogens with one attached hydrogen (secondary N) is 1. The highest BCUT2D eigenvalue weighted by Gasteiger charge is 2.27. The Hall–Kier alpha value is -0.120. The van der Waals surface area contributed by atoms with Gasteiger partial charge in [0.15, 0.2) is 0 Å². The number of aliphatic hydroxyl groups is 2. The lowest BCUT2D eigenvalue weighted by atomic mass is 9.96. The zero-order valence-electron chi connectivity index (χ0n) is 7.66. The number of aliphatic hydroxyl groups excluding tert-OH is 2. The lowest BCUT2D eigenvalue weighted by Gasteiger charge is -2.22. The van der Waals surface area contributed by atoms with Crippen molar-refractivity contribution in [3.05, 3.63) is 0 Å². The van der Waals surface area contributed by atoms with Gasteiger partial charge >= 0.3 is 0 Å². The molecule has 0 aliphatic heterocycles. The summed E-state index contributed by atoms with van der Waals surface area (Å²) in [5.41, 5.74) is 0. The average Bonchev–Trinajstić information content (AvgIpc) is 2.55. The van der Waals surface area contributed by atoms with Crippen LogP contribution in [0.5, 0.6) is 0 Å². The monoisotopic (exact) mass is 173 g/mol. The third kappa shape index (κ3) is 2.44. The molecular formula is C9H19NO2. The van der Waals surface area contributed by atoms with Crippen molar-refractivity contribution in [2.45, 2.75) is 37.9 Å². The van der Waals surface area contributed by atoms with Crippen LogP contribution in [0.25, 0.3) is 0 Å². The smallest absolute Gasteiger partial charge is 0.0925 e. The standard InChI is InChI=1S/C9H19NO2/c1-10-6-8(11)9(12)7-4-2-3-5-7/h7-12H,2-6H2,1H3. The van der Waals surface area contributed by atoms with E-state index in [1.54, 1.807) is 7.05 Å². The van der Waals surface area contributed by atoms with Gasteiger partial charge in [-0.1, -0.05) is 12.8 Å². The fourth-order valence-corrected chi connectivity index (χ4v) is 1.94. The zero-order valence-corrected chi connectivity index (χ0v) is 7.66. The molecule has 1 rings (SSSR count). The van der Waals surface area contributed by atoms with Gasteiger partial charge in [-0.15, -0.1) is 0 Å². The summed E-state index contributed by atoms with van der Waals surface area (Å²) in [6.07, 6.45) is 3.42. The minimum atomic E-state index is -0.599. The molecule has 1 aliphatic carbocycles. The van der Waals surface area contributed by atoms with E-state index in [0.29, 0.717) is 12.5 Å². The Kier molecular flexibility index (Phi) is 3.98. The summed E-state index contributed by atoms with van der Waals surface area (Å²) >= 11 is 0. The second-order valence-corrected chi connectivity index (χ2v) is 3.66. The molecule has 0 aromatic rings.